The third-order valence-corrected chi connectivity index (χ3v) is 4.02. The number of benzene rings is 2. The number of pyridine rings is 1. The SMILES string of the molecule is CC(C)c1ccc(/C=C/c2cc(C(=O)O)c3ccccc3n2)cc1. The molecule has 0 aliphatic carbocycles. The van der Waals surface area contributed by atoms with E-state index in [1.54, 1.807) is 12.1 Å². The Balaban J connectivity index is 1.96. The van der Waals surface area contributed by atoms with E-state index in [1.165, 1.54) is 5.56 Å². The van der Waals surface area contributed by atoms with Gasteiger partial charge in [-0.25, -0.2) is 9.78 Å². The van der Waals surface area contributed by atoms with Crippen molar-refractivity contribution in [2.75, 3.05) is 0 Å². The number of hydrogen-bond acceptors (Lipinski definition) is 2. The van der Waals surface area contributed by atoms with Gasteiger partial charge in [-0.3, -0.25) is 0 Å². The van der Waals surface area contributed by atoms with Gasteiger partial charge < -0.3 is 5.11 Å². The van der Waals surface area contributed by atoms with Crippen LogP contribution in [0.1, 0.15) is 46.9 Å². The Morgan fingerprint density at radius 2 is 1.75 bits per heavy atom. The average molecular weight is 317 g/mol. The van der Waals surface area contributed by atoms with Crippen molar-refractivity contribution in [2.24, 2.45) is 0 Å². The van der Waals surface area contributed by atoms with Crippen LogP contribution in [0.25, 0.3) is 23.1 Å². The molecule has 0 saturated heterocycles. The number of aromatic carboxylic acids is 1. The second kappa shape index (κ2) is 6.67. The van der Waals surface area contributed by atoms with Gasteiger partial charge >= 0.3 is 5.97 Å². The number of aromatic nitrogens is 1. The molecule has 3 heteroatoms. The van der Waals surface area contributed by atoms with Gasteiger partial charge in [0.15, 0.2) is 0 Å². The quantitative estimate of drug-likeness (QED) is 0.717. The minimum absolute atomic E-state index is 0.274. The van der Waals surface area contributed by atoms with Crippen molar-refractivity contribution in [2.45, 2.75) is 19.8 Å². The topological polar surface area (TPSA) is 50.2 Å². The van der Waals surface area contributed by atoms with E-state index in [2.05, 4.69) is 43.1 Å². The lowest BCUT2D eigenvalue weighted by Gasteiger charge is -2.05. The molecule has 1 heterocycles. The van der Waals surface area contributed by atoms with E-state index in [1.807, 2.05) is 30.4 Å². The Hall–Kier alpha value is -2.94. The van der Waals surface area contributed by atoms with Crippen LogP contribution >= 0.6 is 0 Å². The molecule has 24 heavy (non-hydrogen) atoms. The van der Waals surface area contributed by atoms with Crippen molar-refractivity contribution in [1.29, 1.82) is 0 Å². The highest BCUT2D eigenvalue weighted by molar-refractivity contribution is 6.03. The highest BCUT2D eigenvalue weighted by Gasteiger charge is 2.10. The van der Waals surface area contributed by atoms with Gasteiger partial charge in [-0.1, -0.05) is 62.4 Å². The minimum atomic E-state index is -0.940. The Labute approximate surface area is 141 Å². The van der Waals surface area contributed by atoms with Crippen LogP contribution in [-0.4, -0.2) is 16.1 Å². The first-order valence-corrected chi connectivity index (χ1v) is 7.96. The van der Waals surface area contributed by atoms with Crippen molar-refractivity contribution in [3.63, 3.8) is 0 Å². The Morgan fingerprint density at radius 3 is 2.42 bits per heavy atom. The highest BCUT2D eigenvalue weighted by atomic mass is 16.4. The number of carboxylic acid groups (broad SMARTS) is 1. The number of fused-ring (bicyclic) bond motifs is 1. The molecule has 3 rings (SSSR count). The molecule has 0 radical (unpaired) electrons. The summed E-state index contributed by atoms with van der Waals surface area (Å²) in [6, 6.07) is 17.3. The molecule has 0 bridgehead atoms. The molecule has 0 aliphatic heterocycles. The van der Waals surface area contributed by atoms with Gasteiger partial charge in [0.1, 0.15) is 0 Å². The summed E-state index contributed by atoms with van der Waals surface area (Å²) in [5.41, 5.74) is 3.96. The highest BCUT2D eigenvalue weighted by Crippen LogP contribution is 2.20. The second-order valence-electron chi connectivity index (χ2n) is 6.07. The van der Waals surface area contributed by atoms with Crippen molar-refractivity contribution in [1.82, 2.24) is 4.98 Å². The van der Waals surface area contributed by atoms with Crippen LogP contribution in [0.5, 0.6) is 0 Å². The molecule has 1 aromatic heterocycles. The van der Waals surface area contributed by atoms with Crippen molar-refractivity contribution in [3.05, 3.63) is 77.0 Å². The summed E-state index contributed by atoms with van der Waals surface area (Å²) >= 11 is 0. The first-order valence-electron chi connectivity index (χ1n) is 7.96. The van der Waals surface area contributed by atoms with Crippen LogP contribution in [0, 0.1) is 0 Å². The largest absolute Gasteiger partial charge is 0.478 e. The summed E-state index contributed by atoms with van der Waals surface area (Å²) < 4.78 is 0. The first-order chi connectivity index (χ1) is 11.5. The molecule has 0 unspecified atom stereocenters. The number of carbonyl (C=O) groups is 1. The lowest BCUT2D eigenvalue weighted by Crippen LogP contribution is -2.00. The van der Waals surface area contributed by atoms with Crippen LogP contribution in [0.4, 0.5) is 0 Å². The van der Waals surface area contributed by atoms with Crippen molar-refractivity contribution >= 4 is 29.0 Å². The molecule has 0 saturated carbocycles. The summed E-state index contributed by atoms with van der Waals surface area (Å²) in [6.45, 7) is 4.33. The van der Waals surface area contributed by atoms with Gasteiger partial charge in [-0.05, 0) is 35.3 Å². The lowest BCUT2D eigenvalue weighted by atomic mass is 10.0. The van der Waals surface area contributed by atoms with E-state index in [0.29, 0.717) is 22.5 Å². The van der Waals surface area contributed by atoms with Crippen LogP contribution in [0.3, 0.4) is 0 Å². The van der Waals surface area contributed by atoms with Crippen LogP contribution < -0.4 is 0 Å². The van der Waals surface area contributed by atoms with E-state index < -0.39 is 5.97 Å². The van der Waals surface area contributed by atoms with Gasteiger partial charge in [-0.15, -0.1) is 0 Å². The normalized spacial score (nSPS) is 11.5. The van der Waals surface area contributed by atoms with E-state index in [0.717, 1.165) is 5.56 Å². The molecule has 0 aliphatic rings. The van der Waals surface area contributed by atoms with Crippen LogP contribution in [0.15, 0.2) is 54.6 Å². The molecule has 0 amide bonds. The average Bonchev–Trinajstić information content (AvgIpc) is 2.59. The summed E-state index contributed by atoms with van der Waals surface area (Å²) in [7, 11) is 0. The van der Waals surface area contributed by atoms with E-state index in [-0.39, 0.29) is 5.56 Å². The lowest BCUT2D eigenvalue weighted by molar-refractivity contribution is 0.0699. The molecule has 0 atom stereocenters. The molecule has 0 fully saturated rings. The molecular weight excluding hydrogens is 298 g/mol. The molecular formula is C21H19NO2. The number of hydrogen-bond donors (Lipinski definition) is 1. The fourth-order valence-corrected chi connectivity index (χ4v) is 2.63. The molecule has 1 N–H and O–H groups in total. The van der Waals surface area contributed by atoms with Crippen LogP contribution in [-0.2, 0) is 0 Å². The maximum Gasteiger partial charge on any atom is 0.336 e. The summed E-state index contributed by atoms with van der Waals surface area (Å²) in [5.74, 6) is -0.437. The monoisotopic (exact) mass is 317 g/mol. The molecule has 3 aromatic rings. The van der Waals surface area contributed by atoms with Crippen LogP contribution in [0.2, 0.25) is 0 Å². The Morgan fingerprint density at radius 1 is 1.04 bits per heavy atom. The second-order valence-corrected chi connectivity index (χ2v) is 6.07. The van der Waals surface area contributed by atoms with Gasteiger partial charge in [0, 0.05) is 5.39 Å². The van der Waals surface area contributed by atoms with Gasteiger partial charge in [-0.2, -0.15) is 0 Å². The summed E-state index contributed by atoms with van der Waals surface area (Å²) in [5, 5.41) is 10.1. The van der Waals surface area contributed by atoms with Gasteiger partial charge in [0.05, 0.1) is 16.8 Å². The third-order valence-electron chi connectivity index (χ3n) is 4.02. The van der Waals surface area contributed by atoms with Gasteiger partial charge in [0.25, 0.3) is 0 Å². The Bertz CT molecular complexity index is 909. The Kier molecular flexibility index (Phi) is 4.43. The predicted molar refractivity (Wildman–Crippen MR) is 98.2 cm³/mol. The van der Waals surface area contributed by atoms with E-state index in [4.69, 9.17) is 0 Å². The molecule has 3 nitrogen and oxygen atoms in total. The summed E-state index contributed by atoms with van der Waals surface area (Å²) in [4.78, 5) is 16.0. The fourth-order valence-electron chi connectivity index (χ4n) is 2.63. The van der Waals surface area contributed by atoms with Crippen molar-refractivity contribution in [3.8, 4) is 0 Å². The third kappa shape index (κ3) is 3.35. The summed E-state index contributed by atoms with van der Waals surface area (Å²) in [6.07, 6.45) is 3.80. The molecule has 120 valence electrons. The number of rotatable bonds is 4. The number of carboxylic acids is 1. The van der Waals surface area contributed by atoms with Crippen molar-refractivity contribution < 1.29 is 9.90 Å². The minimum Gasteiger partial charge on any atom is -0.478 e. The smallest absolute Gasteiger partial charge is 0.336 e. The molecule has 0 spiro atoms. The number of para-hydroxylation sites is 1. The zero-order valence-corrected chi connectivity index (χ0v) is 13.7. The first kappa shape index (κ1) is 15.9. The van der Waals surface area contributed by atoms with E-state index in [9.17, 15) is 9.90 Å². The standard InChI is InChI=1S/C21H19NO2/c1-14(2)16-10-7-15(8-11-16)9-12-17-13-19(21(23)24)18-5-3-4-6-20(18)22-17/h3-14H,1-2H3,(H,23,24)/b12-9+. The maximum atomic E-state index is 11.5. The predicted octanol–water partition coefficient (Wildman–Crippen LogP) is 5.23. The fraction of sp³-hybridized carbons (Fsp3) is 0.143. The number of nitrogens with zero attached hydrogens (tertiary/aromatic N) is 1. The zero-order chi connectivity index (χ0) is 17.1. The maximum absolute atomic E-state index is 11.5. The van der Waals surface area contributed by atoms with E-state index >= 15 is 0 Å². The zero-order valence-electron chi connectivity index (χ0n) is 13.7. The van der Waals surface area contributed by atoms with Gasteiger partial charge in [0.2, 0.25) is 0 Å². The molecule has 2 aromatic carbocycles.